The largest absolute Gasteiger partial charge is 0.456 e. The molecule has 4 heteroatoms. The lowest BCUT2D eigenvalue weighted by Gasteiger charge is -2.11. The molecule has 9 aromatic rings. The molecular formula is C43H27N3O. The van der Waals surface area contributed by atoms with Gasteiger partial charge in [0.2, 0.25) is 0 Å². The van der Waals surface area contributed by atoms with Crippen LogP contribution < -0.4 is 0 Å². The molecular weight excluding hydrogens is 574 g/mol. The third kappa shape index (κ3) is 5.02. The number of hydrogen-bond acceptors (Lipinski definition) is 4. The Kier molecular flexibility index (Phi) is 6.43. The number of para-hydroxylation sites is 1. The van der Waals surface area contributed by atoms with Crippen LogP contribution >= 0.6 is 0 Å². The topological polar surface area (TPSA) is 51.8 Å². The van der Waals surface area contributed by atoms with Crippen LogP contribution in [-0.4, -0.2) is 15.0 Å². The van der Waals surface area contributed by atoms with Crippen LogP contribution in [0.4, 0.5) is 0 Å². The summed E-state index contributed by atoms with van der Waals surface area (Å²) in [5, 5.41) is 4.45. The summed E-state index contributed by atoms with van der Waals surface area (Å²) in [6.45, 7) is 0. The fourth-order valence-electron chi connectivity index (χ4n) is 6.29. The highest BCUT2D eigenvalue weighted by molar-refractivity contribution is 6.05. The third-order valence-electron chi connectivity index (χ3n) is 8.71. The monoisotopic (exact) mass is 601 g/mol. The normalized spacial score (nSPS) is 11.4. The number of fused-ring (bicyclic) bond motifs is 4. The molecule has 0 aliphatic rings. The highest BCUT2D eigenvalue weighted by Crippen LogP contribution is 2.34. The van der Waals surface area contributed by atoms with E-state index in [0.717, 1.165) is 60.5 Å². The highest BCUT2D eigenvalue weighted by Gasteiger charge is 2.15. The molecule has 0 unspecified atom stereocenters. The zero-order valence-electron chi connectivity index (χ0n) is 25.3. The summed E-state index contributed by atoms with van der Waals surface area (Å²) in [7, 11) is 0. The van der Waals surface area contributed by atoms with Gasteiger partial charge in [-0.15, -0.1) is 0 Å². The van der Waals surface area contributed by atoms with Crippen molar-refractivity contribution in [3.05, 3.63) is 164 Å². The maximum Gasteiger partial charge on any atom is 0.164 e. The molecule has 0 aliphatic heterocycles. The van der Waals surface area contributed by atoms with E-state index in [0.29, 0.717) is 17.5 Å². The Morgan fingerprint density at radius 2 is 0.766 bits per heavy atom. The molecule has 0 saturated carbocycles. The molecule has 0 aliphatic carbocycles. The summed E-state index contributed by atoms with van der Waals surface area (Å²) in [4.78, 5) is 15.1. The van der Waals surface area contributed by atoms with Crippen LogP contribution in [0.3, 0.4) is 0 Å². The SMILES string of the molecule is c1ccc(-c2cccc(-c3nc(-c4ccc5cc(-c6ccccc6)ccc5c4)nc(-c4ccc5c(c4)oc4ccccc45)n3)c2)cc1. The second-order valence-electron chi connectivity index (χ2n) is 11.7. The predicted molar refractivity (Wildman–Crippen MR) is 192 cm³/mol. The molecule has 4 nitrogen and oxygen atoms in total. The summed E-state index contributed by atoms with van der Waals surface area (Å²) in [6.07, 6.45) is 0. The first kappa shape index (κ1) is 27.0. The van der Waals surface area contributed by atoms with Gasteiger partial charge in [-0.25, -0.2) is 15.0 Å². The van der Waals surface area contributed by atoms with E-state index in [4.69, 9.17) is 19.4 Å². The van der Waals surface area contributed by atoms with Crippen molar-refractivity contribution in [2.24, 2.45) is 0 Å². The van der Waals surface area contributed by atoms with Gasteiger partial charge in [-0.3, -0.25) is 0 Å². The molecule has 47 heavy (non-hydrogen) atoms. The van der Waals surface area contributed by atoms with E-state index in [1.54, 1.807) is 0 Å². The molecule has 2 aromatic heterocycles. The predicted octanol–water partition coefficient (Wildman–Crippen LogP) is 11.3. The zero-order chi connectivity index (χ0) is 31.2. The van der Waals surface area contributed by atoms with Crippen LogP contribution in [0.1, 0.15) is 0 Å². The van der Waals surface area contributed by atoms with Gasteiger partial charge in [0.15, 0.2) is 17.5 Å². The summed E-state index contributed by atoms with van der Waals surface area (Å²) in [6, 6.07) is 56.5. The quantitative estimate of drug-likeness (QED) is 0.197. The molecule has 9 rings (SSSR count). The number of furan rings is 1. The fraction of sp³-hybridized carbons (Fsp3) is 0. The summed E-state index contributed by atoms with van der Waals surface area (Å²) < 4.78 is 6.23. The van der Waals surface area contributed by atoms with Crippen LogP contribution in [-0.2, 0) is 0 Å². The number of rotatable bonds is 5. The van der Waals surface area contributed by atoms with Crippen LogP contribution in [0, 0.1) is 0 Å². The Balaban J connectivity index is 1.19. The van der Waals surface area contributed by atoms with E-state index in [1.165, 1.54) is 11.1 Å². The minimum atomic E-state index is 0.594. The van der Waals surface area contributed by atoms with Crippen molar-refractivity contribution >= 4 is 32.7 Å². The Labute approximate surface area is 271 Å². The average Bonchev–Trinajstić information content (AvgIpc) is 3.53. The molecule has 0 spiro atoms. The molecule has 7 aromatic carbocycles. The van der Waals surface area contributed by atoms with Crippen molar-refractivity contribution in [2.75, 3.05) is 0 Å². The Bertz CT molecular complexity index is 2570. The Morgan fingerprint density at radius 3 is 1.47 bits per heavy atom. The lowest BCUT2D eigenvalue weighted by atomic mass is 10.00. The van der Waals surface area contributed by atoms with E-state index in [9.17, 15) is 0 Å². The first-order chi connectivity index (χ1) is 23.2. The maximum atomic E-state index is 6.23. The van der Waals surface area contributed by atoms with Crippen LogP contribution in [0.25, 0.3) is 89.1 Å². The lowest BCUT2D eigenvalue weighted by molar-refractivity contribution is 0.669. The number of aromatic nitrogens is 3. The van der Waals surface area contributed by atoms with Gasteiger partial charge in [-0.2, -0.15) is 0 Å². The van der Waals surface area contributed by atoms with E-state index in [-0.39, 0.29) is 0 Å². The van der Waals surface area contributed by atoms with Crippen molar-refractivity contribution in [2.45, 2.75) is 0 Å². The molecule has 0 N–H and O–H groups in total. The first-order valence-corrected chi connectivity index (χ1v) is 15.7. The second kappa shape index (κ2) is 11.2. The Hall–Kier alpha value is -6.39. The summed E-state index contributed by atoms with van der Waals surface area (Å²) in [5.74, 6) is 1.83. The standard InChI is InChI=1S/C43H27N3O/c1-3-10-28(11-4-1)30-14-9-15-34(25-30)41-44-42(35-21-20-32-24-31(18-19-33(32)26-35)29-12-5-2-6-13-29)46-43(45-41)36-22-23-38-37-16-7-8-17-39(37)47-40(38)27-36/h1-27H. The summed E-state index contributed by atoms with van der Waals surface area (Å²) >= 11 is 0. The number of hydrogen-bond donors (Lipinski definition) is 0. The maximum absolute atomic E-state index is 6.23. The molecule has 2 heterocycles. The van der Waals surface area contributed by atoms with Crippen molar-refractivity contribution < 1.29 is 4.42 Å². The van der Waals surface area contributed by atoms with E-state index in [1.807, 2.05) is 36.4 Å². The summed E-state index contributed by atoms with van der Waals surface area (Å²) in [5.41, 5.74) is 9.03. The minimum Gasteiger partial charge on any atom is -0.456 e. The van der Waals surface area contributed by atoms with Crippen LogP contribution in [0.15, 0.2) is 168 Å². The average molecular weight is 602 g/mol. The van der Waals surface area contributed by atoms with Crippen molar-refractivity contribution in [1.82, 2.24) is 15.0 Å². The van der Waals surface area contributed by atoms with Gasteiger partial charge in [0.05, 0.1) is 0 Å². The highest BCUT2D eigenvalue weighted by atomic mass is 16.3. The molecule has 0 saturated heterocycles. The lowest BCUT2D eigenvalue weighted by Crippen LogP contribution is -2.00. The molecule has 0 amide bonds. The molecule has 0 radical (unpaired) electrons. The fourth-order valence-corrected chi connectivity index (χ4v) is 6.29. The van der Waals surface area contributed by atoms with E-state index < -0.39 is 0 Å². The molecule has 0 bridgehead atoms. The number of benzene rings is 7. The second-order valence-corrected chi connectivity index (χ2v) is 11.7. The zero-order valence-corrected chi connectivity index (χ0v) is 25.3. The number of nitrogens with zero attached hydrogens (tertiary/aromatic N) is 3. The first-order valence-electron chi connectivity index (χ1n) is 15.7. The Morgan fingerprint density at radius 1 is 0.298 bits per heavy atom. The van der Waals surface area contributed by atoms with Crippen LogP contribution in [0.5, 0.6) is 0 Å². The van der Waals surface area contributed by atoms with Gasteiger partial charge in [-0.1, -0.05) is 127 Å². The molecule has 220 valence electrons. The van der Waals surface area contributed by atoms with Gasteiger partial charge >= 0.3 is 0 Å². The molecule has 0 fully saturated rings. The van der Waals surface area contributed by atoms with Gasteiger partial charge in [0, 0.05) is 27.5 Å². The van der Waals surface area contributed by atoms with E-state index >= 15 is 0 Å². The van der Waals surface area contributed by atoms with E-state index in [2.05, 4.69) is 127 Å². The third-order valence-corrected chi connectivity index (χ3v) is 8.71. The van der Waals surface area contributed by atoms with Crippen molar-refractivity contribution in [1.29, 1.82) is 0 Å². The van der Waals surface area contributed by atoms with Crippen molar-refractivity contribution in [3.8, 4) is 56.4 Å². The van der Waals surface area contributed by atoms with Crippen molar-refractivity contribution in [3.63, 3.8) is 0 Å². The molecule has 0 atom stereocenters. The van der Waals surface area contributed by atoms with Crippen LogP contribution in [0.2, 0.25) is 0 Å². The smallest absolute Gasteiger partial charge is 0.164 e. The minimum absolute atomic E-state index is 0.594. The van der Waals surface area contributed by atoms with Gasteiger partial charge < -0.3 is 4.42 Å². The van der Waals surface area contributed by atoms with Gasteiger partial charge in [0.25, 0.3) is 0 Å². The van der Waals surface area contributed by atoms with Gasteiger partial charge in [0.1, 0.15) is 11.2 Å². The van der Waals surface area contributed by atoms with Gasteiger partial charge in [-0.05, 0) is 69.4 Å².